The van der Waals surface area contributed by atoms with Gasteiger partial charge >= 0.3 is 0 Å². The van der Waals surface area contributed by atoms with Crippen molar-refractivity contribution in [3.63, 3.8) is 0 Å². The Hall–Kier alpha value is -2.77. The fourth-order valence-electron chi connectivity index (χ4n) is 3.34. The number of aromatic nitrogens is 5. The van der Waals surface area contributed by atoms with Gasteiger partial charge in [-0.25, -0.2) is 33.9 Å². The summed E-state index contributed by atoms with van der Waals surface area (Å²) >= 11 is 0. The minimum absolute atomic E-state index is 0.308. The topological polar surface area (TPSA) is 131 Å². The van der Waals surface area contributed by atoms with E-state index in [-0.39, 0.29) is 11.7 Å². The van der Waals surface area contributed by atoms with Crippen molar-refractivity contribution in [2.75, 3.05) is 18.0 Å². The maximum absolute atomic E-state index is 13.0. The van der Waals surface area contributed by atoms with Crippen molar-refractivity contribution >= 4 is 21.7 Å². The summed E-state index contributed by atoms with van der Waals surface area (Å²) in [5.74, 6) is 0.900. The second kappa shape index (κ2) is 7.57. The van der Waals surface area contributed by atoms with Crippen LogP contribution in [0.2, 0.25) is 0 Å². The van der Waals surface area contributed by atoms with E-state index < -0.39 is 16.6 Å². The van der Waals surface area contributed by atoms with Gasteiger partial charge in [0, 0.05) is 31.5 Å². The van der Waals surface area contributed by atoms with Crippen LogP contribution in [0.4, 0.5) is 14.6 Å². The second-order valence-electron chi connectivity index (χ2n) is 6.67. The zero-order valence-corrected chi connectivity index (χ0v) is 15.9. The van der Waals surface area contributed by atoms with Crippen molar-refractivity contribution in [2.45, 2.75) is 25.3 Å². The van der Waals surface area contributed by atoms with E-state index in [2.05, 4.69) is 24.7 Å². The molecule has 0 bridgehead atoms. The van der Waals surface area contributed by atoms with Crippen LogP contribution in [0.1, 0.15) is 25.0 Å². The van der Waals surface area contributed by atoms with Gasteiger partial charge in [0.1, 0.15) is 17.2 Å². The summed E-state index contributed by atoms with van der Waals surface area (Å²) < 4.78 is 52.5. The van der Waals surface area contributed by atoms with E-state index >= 15 is 0 Å². The molecule has 1 atom stereocenters. The molecule has 3 aromatic rings. The lowest BCUT2D eigenvalue weighted by molar-refractivity contribution is 0.145. The van der Waals surface area contributed by atoms with Crippen LogP contribution in [0.15, 0.2) is 30.9 Å². The summed E-state index contributed by atoms with van der Waals surface area (Å²) in [6.07, 6.45) is 4.25. The third kappa shape index (κ3) is 4.31. The van der Waals surface area contributed by atoms with Gasteiger partial charge < -0.3 is 4.90 Å². The normalized spacial score (nSPS) is 17.9. The first-order valence-electron chi connectivity index (χ1n) is 8.80. The number of rotatable bonds is 5. The number of hydrogen-bond acceptors (Lipinski definition) is 7. The zero-order chi connectivity index (χ0) is 20.6. The molecule has 4 rings (SSSR count). The highest BCUT2D eigenvalue weighted by Crippen LogP contribution is 2.24. The first-order chi connectivity index (χ1) is 13.8. The van der Waals surface area contributed by atoms with Gasteiger partial charge in [0.05, 0.1) is 12.4 Å². The fourth-order valence-corrected chi connectivity index (χ4v) is 4.00. The van der Waals surface area contributed by atoms with Crippen molar-refractivity contribution in [1.82, 2.24) is 29.1 Å². The molecule has 1 saturated heterocycles. The van der Waals surface area contributed by atoms with Crippen molar-refractivity contribution < 1.29 is 17.2 Å². The maximum Gasteiger partial charge on any atom is 0.281 e. The third-order valence-electron chi connectivity index (χ3n) is 4.59. The number of fused-ring (bicyclic) bond motifs is 1. The number of piperidine rings is 1. The number of nitrogens with two attached hydrogens (primary N) is 1. The molecule has 1 aliphatic rings. The van der Waals surface area contributed by atoms with Crippen molar-refractivity contribution in [1.29, 1.82) is 0 Å². The van der Waals surface area contributed by atoms with Gasteiger partial charge in [-0.05, 0) is 18.9 Å². The lowest BCUT2D eigenvalue weighted by Crippen LogP contribution is -2.49. The van der Waals surface area contributed by atoms with E-state index in [4.69, 9.17) is 5.14 Å². The summed E-state index contributed by atoms with van der Waals surface area (Å²) in [6, 6.07) is 1.38. The van der Waals surface area contributed by atoms with Gasteiger partial charge in [-0.3, -0.25) is 4.40 Å². The molecule has 0 saturated carbocycles. The molecule has 0 amide bonds. The first-order valence-corrected chi connectivity index (χ1v) is 10.3. The highest BCUT2D eigenvalue weighted by atomic mass is 32.2. The number of anilines is 1. The Balaban J connectivity index is 1.64. The summed E-state index contributed by atoms with van der Waals surface area (Å²) in [6.45, 7) is 1.09. The van der Waals surface area contributed by atoms with Crippen molar-refractivity contribution in [3.05, 3.63) is 36.5 Å². The van der Waals surface area contributed by atoms with Gasteiger partial charge in [0.25, 0.3) is 16.6 Å². The molecule has 3 aromatic heterocycles. The summed E-state index contributed by atoms with van der Waals surface area (Å²) in [7, 11) is -3.80. The van der Waals surface area contributed by atoms with Crippen LogP contribution in [-0.2, 0) is 10.2 Å². The Morgan fingerprint density at radius 2 is 2.07 bits per heavy atom. The molecule has 10 nitrogen and oxygen atoms in total. The molecular formula is C16H18F2N8O2S. The molecule has 0 aliphatic carbocycles. The van der Waals surface area contributed by atoms with Crippen molar-refractivity contribution in [3.8, 4) is 11.5 Å². The molecule has 0 aromatic carbocycles. The van der Waals surface area contributed by atoms with Gasteiger partial charge in [-0.2, -0.15) is 13.1 Å². The van der Waals surface area contributed by atoms with Crippen LogP contribution in [0.3, 0.4) is 0 Å². The molecule has 1 fully saturated rings. The SMILES string of the molecule is NS(=O)(=O)N[C@H]1CCCN(c2ccnc(-c3cnc4cnc(C(F)F)cn34)n2)C1. The fraction of sp³-hybridized carbons (Fsp3) is 0.375. The molecule has 4 heterocycles. The highest BCUT2D eigenvalue weighted by molar-refractivity contribution is 7.87. The Bertz CT molecular complexity index is 1140. The number of nitrogens with one attached hydrogen (secondary N) is 1. The smallest absolute Gasteiger partial charge is 0.281 e. The largest absolute Gasteiger partial charge is 0.355 e. The Kier molecular flexibility index (Phi) is 5.10. The first kappa shape index (κ1) is 19.5. The van der Waals surface area contributed by atoms with E-state index in [9.17, 15) is 17.2 Å². The Morgan fingerprint density at radius 3 is 2.83 bits per heavy atom. The molecule has 3 N–H and O–H groups in total. The molecule has 1 aliphatic heterocycles. The monoisotopic (exact) mass is 424 g/mol. The molecule has 0 radical (unpaired) electrons. The number of halogens is 2. The van der Waals surface area contributed by atoms with Crippen LogP contribution < -0.4 is 14.8 Å². The maximum atomic E-state index is 13.0. The highest BCUT2D eigenvalue weighted by Gasteiger charge is 2.24. The summed E-state index contributed by atoms with van der Waals surface area (Å²) in [4.78, 5) is 18.6. The Morgan fingerprint density at radius 1 is 1.24 bits per heavy atom. The third-order valence-corrected chi connectivity index (χ3v) is 5.25. The number of hydrogen-bond donors (Lipinski definition) is 2. The van der Waals surface area contributed by atoms with E-state index in [1.807, 2.05) is 4.90 Å². The van der Waals surface area contributed by atoms with Crippen LogP contribution in [0, 0.1) is 0 Å². The van der Waals surface area contributed by atoms with Crippen LogP contribution in [0.5, 0.6) is 0 Å². The van der Waals surface area contributed by atoms with Crippen LogP contribution >= 0.6 is 0 Å². The molecule has 0 spiro atoms. The summed E-state index contributed by atoms with van der Waals surface area (Å²) in [5.41, 5.74) is 0.469. The quantitative estimate of drug-likeness (QED) is 0.622. The average Bonchev–Trinajstić information content (AvgIpc) is 3.10. The molecular weight excluding hydrogens is 406 g/mol. The average molecular weight is 424 g/mol. The molecule has 13 heteroatoms. The summed E-state index contributed by atoms with van der Waals surface area (Å²) in [5, 5.41) is 5.07. The molecule has 154 valence electrons. The van der Waals surface area contributed by atoms with E-state index in [1.54, 1.807) is 12.3 Å². The minimum Gasteiger partial charge on any atom is -0.355 e. The number of nitrogens with zero attached hydrogens (tertiary/aromatic N) is 6. The number of alkyl halides is 2. The lowest BCUT2D eigenvalue weighted by Gasteiger charge is -2.33. The zero-order valence-electron chi connectivity index (χ0n) is 15.1. The van der Waals surface area contributed by atoms with Gasteiger partial charge in [0.2, 0.25) is 0 Å². The molecule has 29 heavy (non-hydrogen) atoms. The van der Waals surface area contributed by atoms with Crippen LogP contribution in [0.25, 0.3) is 17.2 Å². The lowest BCUT2D eigenvalue weighted by atomic mass is 10.1. The number of imidazole rings is 1. The van der Waals surface area contributed by atoms with Gasteiger partial charge in [-0.15, -0.1) is 0 Å². The van der Waals surface area contributed by atoms with Crippen molar-refractivity contribution in [2.24, 2.45) is 5.14 Å². The minimum atomic E-state index is -3.80. The second-order valence-corrected chi connectivity index (χ2v) is 8.00. The standard InChI is InChI=1S/C16H18F2N8O2S/c17-15(18)11-9-26-12(6-22-14(26)7-21-11)16-20-4-3-13(23-16)25-5-1-2-10(8-25)24-29(19,27)28/h3-4,6-7,9-10,15,24H,1-2,5,8H2,(H2,19,27,28)/t10-/m0/s1. The molecule has 0 unspecified atom stereocenters. The Labute approximate surface area is 165 Å². The predicted molar refractivity (Wildman–Crippen MR) is 100 cm³/mol. The van der Waals surface area contributed by atoms with Gasteiger partial charge in [0.15, 0.2) is 11.5 Å². The predicted octanol–water partition coefficient (Wildman–Crippen LogP) is 0.886. The van der Waals surface area contributed by atoms with Gasteiger partial charge in [-0.1, -0.05) is 0 Å². The van der Waals surface area contributed by atoms with E-state index in [0.717, 1.165) is 6.42 Å². The van der Waals surface area contributed by atoms with E-state index in [1.165, 1.54) is 23.0 Å². The van der Waals surface area contributed by atoms with E-state index in [0.29, 0.717) is 42.5 Å². The van der Waals surface area contributed by atoms with Crippen LogP contribution in [-0.4, -0.2) is 51.9 Å².